The van der Waals surface area contributed by atoms with Crippen molar-refractivity contribution in [3.05, 3.63) is 29.3 Å². The van der Waals surface area contributed by atoms with Crippen molar-refractivity contribution in [2.24, 2.45) is 0 Å². The monoisotopic (exact) mass is 268 g/mol. The molecule has 0 radical (unpaired) electrons. The minimum atomic E-state index is -2.48. The summed E-state index contributed by atoms with van der Waals surface area (Å²) in [6.07, 6.45) is -2.48. The molecule has 0 spiro atoms. The molecule has 0 bridgehead atoms. The van der Waals surface area contributed by atoms with Crippen molar-refractivity contribution in [2.45, 2.75) is 52.2 Å². The molecular weight excluding hydrogens is 249 g/mol. The van der Waals surface area contributed by atoms with Gasteiger partial charge in [0.05, 0.1) is 11.2 Å². The SMILES string of the molecule is Cc1ccc(B2OC(C)(C)C(C)(C)O2)cc1C(F)F. The van der Waals surface area contributed by atoms with Gasteiger partial charge in [0.2, 0.25) is 0 Å². The predicted molar refractivity (Wildman–Crippen MR) is 71.9 cm³/mol. The summed E-state index contributed by atoms with van der Waals surface area (Å²) in [4.78, 5) is 0. The van der Waals surface area contributed by atoms with Crippen LogP contribution < -0.4 is 5.46 Å². The Morgan fingerprint density at radius 1 is 1.05 bits per heavy atom. The lowest BCUT2D eigenvalue weighted by Crippen LogP contribution is -2.41. The fourth-order valence-corrected chi connectivity index (χ4v) is 2.02. The Bertz CT molecular complexity index is 470. The van der Waals surface area contributed by atoms with Gasteiger partial charge in [-0.1, -0.05) is 18.2 Å². The van der Waals surface area contributed by atoms with Crippen LogP contribution in [0.2, 0.25) is 0 Å². The molecule has 0 aliphatic carbocycles. The van der Waals surface area contributed by atoms with Crippen LogP contribution in [-0.2, 0) is 9.31 Å². The van der Waals surface area contributed by atoms with Crippen molar-refractivity contribution >= 4 is 12.6 Å². The molecule has 1 aliphatic heterocycles. The summed E-state index contributed by atoms with van der Waals surface area (Å²) in [6, 6.07) is 4.94. The van der Waals surface area contributed by atoms with E-state index in [-0.39, 0.29) is 5.56 Å². The third-order valence-electron chi connectivity index (χ3n) is 4.06. The van der Waals surface area contributed by atoms with E-state index in [9.17, 15) is 8.78 Å². The van der Waals surface area contributed by atoms with Gasteiger partial charge in [0.1, 0.15) is 0 Å². The molecule has 1 saturated heterocycles. The number of alkyl halides is 2. The van der Waals surface area contributed by atoms with Gasteiger partial charge in [0.25, 0.3) is 6.43 Å². The number of hydrogen-bond acceptors (Lipinski definition) is 2. The van der Waals surface area contributed by atoms with Crippen molar-refractivity contribution in [2.75, 3.05) is 0 Å². The van der Waals surface area contributed by atoms with E-state index < -0.39 is 24.7 Å². The molecule has 104 valence electrons. The van der Waals surface area contributed by atoms with Gasteiger partial charge in [-0.2, -0.15) is 0 Å². The van der Waals surface area contributed by atoms with Crippen LogP contribution in [0.5, 0.6) is 0 Å². The lowest BCUT2D eigenvalue weighted by atomic mass is 9.78. The minimum absolute atomic E-state index is 0.0345. The molecule has 0 amide bonds. The van der Waals surface area contributed by atoms with Gasteiger partial charge in [-0.05, 0) is 45.6 Å². The van der Waals surface area contributed by atoms with Crippen molar-refractivity contribution < 1.29 is 18.1 Å². The summed E-state index contributed by atoms with van der Waals surface area (Å²) in [5, 5.41) is 0. The first-order valence-corrected chi connectivity index (χ1v) is 6.38. The zero-order chi connectivity index (χ0) is 14.4. The van der Waals surface area contributed by atoms with Gasteiger partial charge in [-0.15, -0.1) is 0 Å². The maximum Gasteiger partial charge on any atom is 0.494 e. The number of aryl methyl sites for hydroxylation is 1. The zero-order valence-electron chi connectivity index (χ0n) is 12.0. The average molecular weight is 268 g/mol. The van der Waals surface area contributed by atoms with Crippen LogP contribution in [0.1, 0.15) is 45.2 Å². The van der Waals surface area contributed by atoms with Gasteiger partial charge in [-0.25, -0.2) is 8.78 Å². The molecule has 0 unspecified atom stereocenters. The van der Waals surface area contributed by atoms with E-state index in [0.29, 0.717) is 11.0 Å². The van der Waals surface area contributed by atoms with Crippen LogP contribution in [0, 0.1) is 6.92 Å². The molecule has 1 heterocycles. The van der Waals surface area contributed by atoms with E-state index in [4.69, 9.17) is 9.31 Å². The van der Waals surface area contributed by atoms with Crippen LogP contribution in [0.4, 0.5) is 8.78 Å². The Morgan fingerprint density at radius 2 is 1.58 bits per heavy atom. The largest absolute Gasteiger partial charge is 0.494 e. The molecule has 5 heteroatoms. The molecule has 1 fully saturated rings. The standard InChI is InChI=1S/C14H19BF2O2/c1-9-6-7-10(8-11(9)12(16)17)15-18-13(2,3)14(4,5)19-15/h6-8,12H,1-5H3. The Morgan fingerprint density at radius 3 is 2.05 bits per heavy atom. The Labute approximate surface area is 113 Å². The van der Waals surface area contributed by atoms with E-state index >= 15 is 0 Å². The molecule has 1 aromatic carbocycles. The minimum Gasteiger partial charge on any atom is -0.399 e. The van der Waals surface area contributed by atoms with E-state index in [1.54, 1.807) is 19.1 Å². The van der Waals surface area contributed by atoms with E-state index in [2.05, 4.69) is 0 Å². The van der Waals surface area contributed by atoms with Gasteiger partial charge < -0.3 is 9.31 Å². The Hall–Kier alpha value is -0.935. The predicted octanol–water partition coefficient (Wildman–Crippen LogP) is 3.23. The molecule has 2 nitrogen and oxygen atoms in total. The highest BCUT2D eigenvalue weighted by Crippen LogP contribution is 2.36. The van der Waals surface area contributed by atoms with Crippen molar-refractivity contribution in [1.29, 1.82) is 0 Å². The summed E-state index contributed by atoms with van der Waals surface area (Å²) in [7, 11) is -0.594. The molecule has 0 saturated carbocycles. The van der Waals surface area contributed by atoms with Crippen LogP contribution in [0.25, 0.3) is 0 Å². The highest BCUT2D eigenvalue weighted by atomic mass is 19.3. The van der Waals surface area contributed by atoms with Crippen molar-refractivity contribution in [3.8, 4) is 0 Å². The first-order valence-electron chi connectivity index (χ1n) is 6.38. The second-order valence-corrected chi connectivity index (χ2v) is 6.00. The topological polar surface area (TPSA) is 18.5 Å². The second kappa shape index (κ2) is 4.56. The number of rotatable bonds is 2. The van der Waals surface area contributed by atoms with E-state index in [0.717, 1.165) is 0 Å². The molecule has 19 heavy (non-hydrogen) atoms. The Kier molecular flexibility index (Phi) is 3.48. The molecule has 2 rings (SSSR count). The zero-order valence-corrected chi connectivity index (χ0v) is 12.0. The van der Waals surface area contributed by atoms with Gasteiger partial charge in [-0.3, -0.25) is 0 Å². The maximum absolute atomic E-state index is 12.9. The molecule has 0 atom stereocenters. The highest BCUT2D eigenvalue weighted by molar-refractivity contribution is 6.62. The maximum atomic E-state index is 12.9. The third kappa shape index (κ3) is 2.54. The number of halogens is 2. The fourth-order valence-electron chi connectivity index (χ4n) is 2.02. The lowest BCUT2D eigenvalue weighted by molar-refractivity contribution is 0.00578. The molecule has 0 N–H and O–H groups in total. The smallest absolute Gasteiger partial charge is 0.399 e. The molecular formula is C14H19BF2O2. The number of hydrogen-bond donors (Lipinski definition) is 0. The Balaban J connectivity index is 2.32. The summed E-state index contributed by atoms with van der Waals surface area (Å²) < 4.78 is 37.5. The molecule has 1 aromatic rings. The third-order valence-corrected chi connectivity index (χ3v) is 4.06. The van der Waals surface area contributed by atoms with Gasteiger partial charge in [0.15, 0.2) is 0 Å². The van der Waals surface area contributed by atoms with Crippen LogP contribution >= 0.6 is 0 Å². The quantitative estimate of drug-likeness (QED) is 0.766. The normalized spacial score (nSPS) is 21.2. The summed E-state index contributed by atoms with van der Waals surface area (Å²) in [5.74, 6) is 0. The molecule has 0 aromatic heterocycles. The van der Waals surface area contributed by atoms with Crippen LogP contribution in [0.15, 0.2) is 18.2 Å². The molecule has 1 aliphatic rings. The lowest BCUT2D eigenvalue weighted by Gasteiger charge is -2.32. The van der Waals surface area contributed by atoms with Crippen molar-refractivity contribution in [3.63, 3.8) is 0 Å². The highest BCUT2D eigenvalue weighted by Gasteiger charge is 2.51. The summed E-state index contributed by atoms with van der Waals surface area (Å²) >= 11 is 0. The summed E-state index contributed by atoms with van der Waals surface area (Å²) in [5.41, 5.74) is 0.322. The fraction of sp³-hybridized carbons (Fsp3) is 0.571. The average Bonchev–Trinajstić information content (AvgIpc) is 2.48. The van der Waals surface area contributed by atoms with Crippen LogP contribution in [-0.4, -0.2) is 18.3 Å². The first-order chi connectivity index (χ1) is 8.64. The van der Waals surface area contributed by atoms with Crippen molar-refractivity contribution in [1.82, 2.24) is 0 Å². The van der Waals surface area contributed by atoms with Crippen LogP contribution in [0.3, 0.4) is 0 Å². The van der Waals surface area contributed by atoms with E-state index in [1.165, 1.54) is 6.07 Å². The second-order valence-electron chi connectivity index (χ2n) is 6.00. The number of benzene rings is 1. The van der Waals surface area contributed by atoms with Gasteiger partial charge >= 0.3 is 7.12 Å². The first kappa shape index (κ1) is 14.5. The summed E-state index contributed by atoms with van der Waals surface area (Å²) in [6.45, 7) is 9.43. The van der Waals surface area contributed by atoms with E-state index in [1.807, 2.05) is 27.7 Å². The van der Waals surface area contributed by atoms with Gasteiger partial charge in [0, 0.05) is 5.56 Å².